The highest BCUT2D eigenvalue weighted by Gasteiger charge is 2.37. The standard InChI is InChI=1S/C20H24N2O3S/c1-13-6-7-16(10-14(13)2)21-26(24,25)17-8-9-19-18(11-17)20(4,5)12-22(19)15(3)23/h6-11,21H,12H2,1-5H3. The zero-order valence-electron chi connectivity index (χ0n) is 15.8. The highest BCUT2D eigenvalue weighted by Crippen LogP contribution is 2.41. The Morgan fingerprint density at radius 3 is 2.38 bits per heavy atom. The molecule has 138 valence electrons. The number of fused-ring (bicyclic) bond motifs is 1. The van der Waals surface area contributed by atoms with Crippen molar-refractivity contribution in [2.75, 3.05) is 16.2 Å². The van der Waals surface area contributed by atoms with Gasteiger partial charge in [0.2, 0.25) is 5.91 Å². The lowest BCUT2D eigenvalue weighted by atomic mass is 9.87. The summed E-state index contributed by atoms with van der Waals surface area (Å²) in [6, 6.07) is 10.4. The molecule has 0 radical (unpaired) electrons. The number of carbonyl (C=O) groups excluding carboxylic acids is 1. The third-order valence-electron chi connectivity index (χ3n) is 4.99. The van der Waals surface area contributed by atoms with Crippen LogP contribution in [0.1, 0.15) is 37.5 Å². The van der Waals surface area contributed by atoms with E-state index in [0.29, 0.717) is 12.2 Å². The Morgan fingerprint density at radius 2 is 1.77 bits per heavy atom. The van der Waals surface area contributed by atoms with Crippen LogP contribution in [0, 0.1) is 13.8 Å². The van der Waals surface area contributed by atoms with Crippen LogP contribution in [-0.4, -0.2) is 20.9 Å². The lowest BCUT2D eigenvalue weighted by molar-refractivity contribution is -0.116. The smallest absolute Gasteiger partial charge is 0.261 e. The fourth-order valence-electron chi connectivity index (χ4n) is 3.33. The molecular formula is C20H24N2O3S. The number of hydrogen-bond donors (Lipinski definition) is 1. The largest absolute Gasteiger partial charge is 0.311 e. The Kier molecular flexibility index (Phi) is 4.35. The number of sulfonamides is 1. The highest BCUT2D eigenvalue weighted by atomic mass is 32.2. The molecule has 0 saturated carbocycles. The van der Waals surface area contributed by atoms with E-state index in [1.165, 1.54) is 6.92 Å². The SMILES string of the molecule is CC(=O)N1CC(C)(C)c2cc(S(=O)(=O)Nc3ccc(C)c(C)c3)ccc21. The Balaban J connectivity index is 1.99. The summed E-state index contributed by atoms with van der Waals surface area (Å²) in [4.78, 5) is 13.8. The molecule has 1 N–H and O–H groups in total. The molecule has 0 aliphatic carbocycles. The summed E-state index contributed by atoms with van der Waals surface area (Å²) in [5.74, 6) is -0.0410. The van der Waals surface area contributed by atoms with E-state index in [9.17, 15) is 13.2 Å². The number of anilines is 2. The molecule has 0 aromatic heterocycles. The van der Waals surface area contributed by atoms with E-state index in [4.69, 9.17) is 0 Å². The fourth-order valence-corrected chi connectivity index (χ4v) is 4.40. The number of amides is 1. The number of rotatable bonds is 3. The summed E-state index contributed by atoms with van der Waals surface area (Å²) in [6.07, 6.45) is 0. The van der Waals surface area contributed by atoms with Crippen molar-refractivity contribution in [3.8, 4) is 0 Å². The molecule has 3 rings (SSSR count). The van der Waals surface area contributed by atoms with E-state index in [2.05, 4.69) is 4.72 Å². The molecule has 0 spiro atoms. The molecule has 1 amide bonds. The van der Waals surface area contributed by atoms with Gasteiger partial charge in [-0.05, 0) is 60.9 Å². The maximum absolute atomic E-state index is 12.8. The van der Waals surface area contributed by atoms with E-state index >= 15 is 0 Å². The van der Waals surface area contributed by atoms with Gasteiger partial charge in [-0.25, -0.2) is 8.42 Å². The second-order valence-electron chi connectivity index (χ2n) is 7.57. The Morgan fingerprint density at radius 1 is 1.08 bits per heavy atom. The molecule has 0 fully saturated rings. The average molecular weight is 372 g/mol. The van der Waals surface area contributed by atoms with Crippen molar-refractivity contribution >= 4 is 27.3 Å². The molecule has 2 aromatic rings. The van der Waals surface area contributed by atoms with Crippen LogP contribution in [0.25, 0.3) is 0 Å². The van der Waals surface area contributed by atoms with Gasteiger partial charge >= 0.3 is 0 Å². The van der Waals surface area contributed by atoms with Crippen molar-refractivity contribution in [2.45, 2.75) is 44.9 Å². The minimum Gasteiger partial charge on any atom is -0.311 e. The molecule has 1 aliphatic heterocycles. The second-order valence-corrected chi connectivity index (χ2v) is 9.25. The van der Waals surface area contributed by atoms with Crippen LogP contribution in [0.15, 0.2) is 41.3 Å². The van der Waals surface area contributed by atoms with Gasteiger partial charge in [-0.2, -0.15) is 0 Å². The molecule has 26 heavy (non-hydrogen) atoms. The van der Waals surface area contributed by atoms with Crippen LogP contribution >= 0.6 is 0 Å². The van der Waals surface area contributed by atoms with Crippen molar-refractivity contribution < 1.29 is 13.2 Å². The Hall–Kier alpha value is -2.34. The van der Waals surface area contributed by atoms with E-state index in [1.807, 2.05) is 39.8 Å². The first-order valence-corrected chi connectivity index (χ1v) is 10.0. The van der Waals surface area contributed by atoms with Crippen molar-refractivity contribution in [3.63, 3.8) is 0 Å². The molecule has 0 bridgehead atoms. The van der Waals surface area contributed by atoms with Gasteiger partial charge in [0.15, 0.2) is 0 Å². The number of hydrogen-bond acceptors (Lipinski definition) is 3. The first-order chi connectivity index (χ1) is 12.0. The van der Waals surface area contributed by atoms with Gasteiger partial charge in [0.25, 0.3) is 10.0 Å². The third kappa shape index (κ3) is 3.21. The van der Waals surface area contributed by atoms with Crippen molar-refractivity contribution in [1.29, 1.82) is 0 Å². The zero-order valence-corrected chi connectivity index (χ0v) is 16.6. The molecule has 0 saturated heterocycles. The summed E-state index contributed by atoms with van der Waals surface area (Å²) in [6.45, 7) is 10.0. The van der Waals surface area contributed by atoms with Crippen LogP contribution in [-0.2, 0) is 20.2 Å². The molecule has 0 unspecified atom stereocenters. The van der Waals surface area contributed by atoms with E-state index in [0.717, 1.165) is 22.4 Å². The average Bonchev–Trinajstić information content (AvgIpc) is 2.82. The maximum Gasteiger partial charge on any atom is 0.261 e. The number of carbonyl (C=O) groups is 1. The van der Waals surface area contributed by atoms with Gasteiger partial charge in [0.1, 0.15) is 0 Å². The van der Waals surface area contributed by atoms with Crippen molar-refractivity contribution in [3.05, 3.63) is 53.1 Å². The van der Waals surface area contributed by atoms with Crippen LogP contribution in [0.5, 0.6) is 0 Å². The lowest BCUT2D eigenvalue weighted by Crippen LogP contribution is -2.31. The van der Waals surface area contributed by atoms with Gasteiger partial charge in [-0.15, -0.1) is 0 Å². The quantitative estimate of drug-likeness (QED) is 0.892. The van der Waals surface area contributed by atoms with E-state index in [-0.39, 0.29) is 16.2 Å². The molecule has 1 aliphatic rings. The molecule has 1 heterocycles. The first-order valence-electron chi connectivity index (χ1n) is 8.54. The van der Waals surface area contributed by atoms with Crippen LogP contribution in [0.4, 0.5) is 11.4 Å². The highest BCUT2D eigenvalue weighted by molar-refractivity contribution is 7.92. The second kappa shape index (κ2) is 6.13. The maximum atomic E-state index is 12.8. The van der Waals surface area contributed by atoms with Gasteiger partial charge < -0.3 is 4.90 Å². The number of nitrogens with zero attached hydrogens (tertiary/aromatic N) is 1. The number of aryl methyl sites for hydroxylation is 2. The molecular weight excluding hydrogens is 348 g/mol. The Labute approximate surface area is 155 Å². The first kappa shape index (κ1) is 18.5. The van der Waals surface area contributed by atoms with Gasteiger partial charge in [0, 0.05) is 30.3 Å². The monoisotopic (exact) mass is 372 g/mol. The topological polar surface area (TPSA) is 66.5 Å². The van der Waals surface area contributed by atoms with E-state index in [1.54, 1.807) is 29.2 Å². The van der Waals surface area contributed by atoms with Gasteiger partial charge in [-0.1, -0.05) is 19.9 Å². The van der Waals surface area contributed by atoms with Crippen LogP contribution in [0.2, 0.25) is 0 Å². The summed E-state index contributed by atoms with van der Waals surface area (Å²) < 4.78 is 28.3. The van der Waals surface area contributed by atoms with Crippen molar-refractivity contribution in [1.82, 2.24) is 0 Å². The zero-order chi connectivity index (χ0) is 19.3. The number of nitrogens with one attached hydrogen (secondary N) is 1. The summed E-state index contributed by atoms with van der Waals surface area (Å²) >= 11 is 0. The Bertz CT molecular complexity index is 994. The summed E-state index contributed by atoms with van der Waals surface area (Å²) in [7, 11) is -3.71. The fraction of sp³-hybridized carbons (Fsp3) is 0.350. The predicted octanol–water partition coefficient (Wildman–Crippen LogP) is 3.75. The lowest BCUT2D eigenvalue weighted by Gasteiger charge is -2.19. The molecule has 0 atom stereocenters. The van der Waals surface area contributed by atoms with Crippen LogP contribution < -0.4 is 9.62 Å². The summed E-state index contributed by atoms with van der Waals surface area (Å²) in [5.41, 5.74) is 4.03. The van der Waals surface area contributed by atoms with E-state index < -0.39 is 10.0 Å². The van der Waals surface area contributed by atoms with Crippen LogP contribution in [0.3, 0.4) is 0 Å². The van der Waals surface area contributed by atoms with Crippen molar-refractivity contribution in [2.24, 2.45) is 0 Å². The minimum atomic E-state index is -3.71. The summed E-state index contributed by atoms with van der Waals surface area (Å²) in [5, 5.41) is 0. The molecule has 6 heteroatoms. The van der Waals surface area contributed by atoms with Gasteiger partial charge in [0.05, 0.1) is 4.90 Å². The minimum absolute atomic E-state index is 0.0410. The predicted molar refractivity (Wildman–Crippen MR) is 104 cm³/mol. The third-order valence-corrected chi connectivity index (χ3v) is 6.37. The molecule has 5 nitrogen and oxygen atoms in total. The normalized spacial score (nSPS) is 15.7. The van der Waals surface area contributed by atoms with Gasteiger partial charge in [-0.3, -0.25) is 9.52 Å². The molecule has 2 aromatic carbocycles. The number of benzene rings is 2.